The number of hydrogen-bond donors (Lipinski definition) is 2. The molecule has 0 heterocycles. The van der Waals surface area contributed by atoms with Gasteiger partial charge in [-0.15, -0.1) is 0 Å². The van der Waals surface area contributed by atoms with Gasteiger partial charge in [0.25, 0.3) is 0 Å². The molecule has 0 radical (unpaired) electrons. The quantitative estimate of drug-likeness (QED) is 0.141. The van der Waals surface area contributed by atoms with Crippen molar-refractivity contribution in [2.75, 3.05) is 10.6 Å². The zero-order chi connectivity index (χ0) is 24.0. The van der Waals surface area contributed by atoms with Gasteiger partial charge in [-0.3, -0.25) is 0 Å². The first-order valence-corrected chi connectivity index (χ1v) is 12.2. The maximum atomic E-state index is 4.87. The summed E-state index contributed by atoms with van der Waals surface area (Å²) in [5.74, 6) is 1.98. The minimum atomic E-state index is 0.890. The lowest BCUT2D eigenvalue weighted by Crippen LogP contribution is -2.13. The summed E-state index contributed by atoms with van der Waals surface area (Å²) in [7, 11) is 0. The first-order chi connectivity index (χ1) is 17.3. The summed E-state index contributed by atoms with van der Waals surface area (Å²) in [4.78, 5) is 9.74. The third-order valence-electron chi connectivity index (χ3n) is 5.49. The molecule has 0 saturated heterocycles. The minimum Gasteiger partial charge on any atom is -0.344 e. The summed E-state index contributed by atoms with van der Waals surface area (Å²) in [6, 6.07) is 40.7. The standard InChI is InChI=1S/C31H32N4/c1-6-16-26(17-7-1)32-30(33-27-18-8-2-9-19-27)24-14-5-15-25-31(34-28-20-10-3-11-21-28)35-29-22-12-4-13-23-29/h1-4,6-13,16-23H,5,14-15,24-25H2,(H,32,33)(H,34,35). The van der Waals surface area contributed by atoms with Crippen molar-refractivity contribution in [1.82, 2.24) is 0 Å². The monoisotopic (exact) mass is 460 g/mol. The van der Waals surface area contributed by atoms with E-state index in [0.29, 0.717) is 0 Å². The molecule has 0 amide bonds. The highest BCUT2D eigenvalue weighted by molar-refractivity contribution is 5.97. The molecule has 0 aliphatic rings. The topological polar surface area (TPSA) is 48.8 Å². The Kier molecular flexibility index (Phi) is 9.25. The van der Waals surface area contributed by atoms with Crippen LogP contribution in [-0.4, -0.2) is 11.7 Å². The molecule has 4 aromatic carbocycles. The Morgan fingerprint density at radius 2 is 0.771 bits per heavy atom. The Balaban J connectivity index is 1.35. The number of aliphatic imine (C=N–C) groups is 2. The van der Waals surface area contributed by atoms with Crippen LogP contribution in [0.25, 0.3) is 0 Å². The fraction of sp³-hybridized carbons (Fsp3) is 0.161. The van der Waals surface area contributed by atoms with E-state index in [9.17, 15) is 0 Å². The third kappa shape index (κ3) is 8.59. The molecular formula is C31H32N4. The Bertz CT molecular complexity index is 1090. The van der Waals surface area contributed by atoms with Crippen molar-refractivity contribution < 1.29 is 0 Å². The van der Waals surface area contributed by atoms with Gasteiger partial charge in [-0.2, -0.15) is 0 Å². The van der Waals surface area contributed by atoms with Gasteiger partial charge >= 0.3 is 0 Å². The van der Waals surface area contributed by atoms with Crippen molar-refractivity contribution in [2.24, 2.45) is 9.98 Å². The molecule has 0 unspecified atom stereocenters. The fourth-order valence-electron chi connectivity index (χ4n) is 3.75. The first-order valence-electron chi connectivity index (χ1n) is 12.2. The smallest absolute Gasteiger partial charge is 0.107 e. The highest BCUT2D eigenvalue weighted by Crippen LogP contribution is 2.17. The Morgan fingerprint density at radius 3 is 1.14 bits per heavy atom. The van der Waals surface area contributed by atoms with Crippen LogP contribution in [0, 0.1) is 0 Å². The number of rotatable bonds is 10. The SMILES string of the molecule is c1ccc(/N=C(/CCCCC/C(=N\c2ccccc2)Nc2ccccc2)Nc2ccccc2)cc1. The average Bonchev–Trinajstić information content (AvgIpc) is 2.91. The van der Waals surface area contributed by atoms with Gasteiger partial charge in [-0.25, -0.2) is 9.98 Å². The number of nitrogens with zero attached hydrogens (tertiary/aromatic N) is 2. The van der Waals surface area contributed by atoms with Crippen LogP contribution < -0.4 is 10.6 Å². The largest absolute Gasteiger partial charge is 0.344 e. The number of para-hydroxylation sites is 4. The van der Waals surface area contributed by atoms with Gasteiger partial charge in [0.1, 0.15) is 11.7 Å². The van der Waals surface area contributed by atoms with E-state index in [-0.39, 0.29) is 0 Å². The second-order valence-corrected chi connectivity index (χ2v) is 8.33. The van der Waals surface area contributed by atoms with Crippen molar-refractivity contribution in [3.05, 3.63) is 121 Å². The normalized spacial score (nSPS) is 11.8. The molecule has 176 valence electrons. The van der Waals surface area contributed by atoms with Crippen LogP contribution in [0.4, 0.5) is 22.7 Å². The summed E-state index contributed by atoms with van der Waals surface area (Å²) in [5.41, 5.74) is 4.06. The molecule has 4 heteroatoms. The van der Waals surface area contributed by atoms with Crippen LogP contribution in [0.3, 0.4) is 0 Å². The summed E-state index contributed by atoms with van der Waals surface area (Å²) in [5, 5.41) is 7.01. The summed E-state index contributed by atoms with van der Waals surface area (Å²) in [6.45, 7) is 0. The maximum Gasteiger partial charge on any atom is 0.107 e. The number of anilines is 2. The van der Waals surface area contributed by atoms with E-state index in [4.69, 9.17) is 9.98 Å². The van der Waals surface area contributed by atoms with Gasteiger partial charge in [0, 0.05) is 24.2 Å². The predicted molar refractivity (Wildman–Crippen MR) is 150 cm³/mol. The third-order valence-corrected chi connectivity index (χ3v) is 5.49. The van der Waals surface area contributed by atoms with Gasteiger partial charge in [-0.05, 0) is 61.4 Å². The highest BCUT2D eigenvalue weighted by Gasteiger charge is 2.05. The summed E-state index contributed by atoms with van der Waals surface area (Å²) >= 11 is 0. The van der Waals surface area contributed by atoms with E-state index in [1.807, 2.05) is 97.1 Å². The molecule has 0 aromatic heterocycles. The lowest BCUT2D eigenvalue weighted by atomic mass is 10.1. The average molecular weight is 461 g/mol. The van der Waals surface area contributed by atoms with E-state index in [2.05, 4.69) is 34.9 Å². The van der Waals surface area contributed by atoms with Crippen molar-refractivity contribution in [2.45, 2.75) is 32.1 Å². The van der Waals surface area contributed by atoms with Crippen molar-refractivity contribution >= 4 is 34.4 Å². The second-order valence-electron chi connectivity index (χ2n) is 8.33. The number of benzene rings is 4. The number of nitrogens with one attached hydrogen (secondary N) is 2. The van der Waals surface area contributed by atoms with E-state index in [1.165, 1.54) is 0 Å². The van der Waals surface area contributed by atoms with E-state index < -0.39 is 0 Å². The van der Waals surface area contributed by atoms with E-state index in [0.717, 1.165) is 66.5 Å². The number of unbranched alkanes of at least 4 members (excludes halogenated alkanes) is 2. The highest BCUT2D eigenvalue weighted by atomic mass is 15.0. The molecule has 0 spiro atoms. The van der Waals surface area contributed by atoms with E-state index in [1.54, 1.807) is 0 Å². The van der Waals surface area contributed by atoms with Gasteiger partial charge in [0.15, 0.2) is 0 Å². The summed E-state index contributed by atoms with van der Waals surface area (Å²) in [6.07, 6.45) is 4.97. The van der Waals surface area contributed by atoms with Gasteiger partial charge in [-0.1, -0.05) is 79.2 Å². The van der Waals surface area contributed by atoms with Gasteiger partial charge in [0.2, 0.25) is 0 Å². The van der Waals surface area contributed by atoms with Crippen LogP contribution in [0.5, 0.6) is 0 Å². The van der Waals surface area contributed by atoms with Crippen LogP contribution in [0.2, 0.25) is 0 Å². The number of hydrogen-bond acceptors (Lipinski definition) is 2. The molecule has 4 aromatic rings. The van der Waals surface area contributed by atoms with E-state index >= 15 is 0 Å². The molecule has 35 heavy (non-hydrogen) atoms. The minimum absolute atomic E-state index is 0.890. The maximum absolute atomic E-state index is 4.87. The molecule has 0 atom stereocenters. The molecule has 0 aliphatic heterocycles. The van der Waals surface area contributed by atoms with Crippen LogP contribution in [-0.2, 0) is 0 Å². The van der Waals surface area contributed by atoms with Crippen LogP contribution in [0.15, 0.2) is 131 Å². The second kappa shape index (κ2) is 13.5. The zero-order valence-corrected chi connectivity index (χ0v) is 20.0. The van der Waals surface area contributed by atoms with Crippen molar-refractivity contribution in [3.8, 4) is 0 Å². The lowest BCUT2D eigenvalue weighted by Gasteiger charge is -2.12. The predicted octanol–water partition coefficient (Wildman–Crippen LogP) is 8.62. The lowest BCUT2D eigenvalue weighted by molar-refractivity contribution is 0.716. The fourth-order valence-corrected chi connectivity index (χ4v) is 3.75. The van der Waals surface area contributed by atoms with Crippen molar-refractivity contribution in [1.29, 1.82) is 0 Å². The molecule has 0 fully saturated rings. The number of amidine groups is 2. The van der Waals surface area contributed by atoms with Crippen LogP contribution in [0.1, 0.15) is 32.1 Å². The molecule has 0 saturated carbocycles. The molecule has 2 N–H and O–H groups in total. The Morgan fingerprint density at radius 1 is 0.429 bits per heavy atom. The molecule has 4 rings (SSSR count). The molecule has 0 aliphatic carbocycles. The molecular weight excluding hydrogens is 428 g/mol. The summed E-state index contributed by atoms with van der Waals surface area (Å²) < 4.78 is 0. The Labute approximate surface area is 208 Å². The van der Waals surface area contributed by atoms with Gasteiger partial charge in [0.05, 0.1) is 11.4 Å². The molecule has 0 bridgehead atoms. The van der Waals surface area contributed by atoms with Gasteiger partial charge < -0.3 is 10.6 Å². The van der Waals surface area contributed by atoms with Crippen LogP contribution >= 0.6 is 0 Å². The zero-order valence-electron chi connectivity index (χ0n) is 20.0. The Hall–Kier alpha value is -4.18. The first kappa shape index (κ1) is 24.0. The molecule has 4 nitrogen and oxygen atoms in total. The van der Waals surface area contributed by atoms with Crippen molar-refractivity contribution in [3.63, 3.8) is 0 Å².